The van der Waals surface area contributed by atoms with Gasteiger partial charge in [0.1, 0.15) is 5.82 Å². The first kappa shape index (κ1) is 20.1. The van der Waals surface area contributed by atoms with Gasteiger partial charge in [0.25, 0.3) is 0 Å². The van der Waals surface area contributed by atoms with E-state index in [0.717, 1.165) is 0 Å². The number of rotatable bonds is 5. The molecule has 0 aliphatic carbocycles. The van der Waals surface area contributed by atoms with E-state index in [4.69, 9.17) is 0 Å². The van der Waals surface area contributed by atoms with E-state index in [1.165, 1.54) is 44.8 Å². The molecule has 158 valence electrons. The van der Waals surface area contributed by atoms with Gasteiger partial charge < -0.3 is 10.2 Å². The van der Waals surface area contributed by atoms with Gasteiger partial charge in [-0.15, -0.1) is 0 Å². The Labute approximate surface area is 174 Å². The number of para-hydroxylation sites is 2. The van der Waals surface area contributed by atoms with Crippen LogP contribution in [0.2, 0.25) is 0 Å². The summed E-state index contributed by atoms with van der Waals surface area (Å²) in [6, 6.07) is 12.5. The second-order valence-corrected chi connectivity index (χ2v) is 9.09. The SMILES string of the molecule is CN1c2ccccc2N(CCNC(=O)C2CC(=O)N(c3ccc(F)cc3)C2)S1(=O)=O. The molecule has 0 radical (unpaired) electrons. The van der Waals surface area contributed by atoms with Crippen molar-refractivity contribution in [3.8, 4) is 0 Å². The molecule has 0 spiro atoms. The normalized spacial score (nSPS) is 19.9. The van der Waals surface area contributed by atoms with Crippen LogP contribution in [0.4, 0.5) is 21.5 Å². The summed E-state index contributed by atoms with van der Waals surface area (Å²) >= 11 is 0. The first-order valence-corrected chi connectivity index (χ1v) is 10.9. The van der Waals surface area contributed by atoms with Crippen molar-refractivity contribution < 1.29 is 22.4 Å². The molecule has 1 saturated heterocycles. The molecule has 8 nitrogen and oxygen atoms in total. The lowest BCUT2D eigenvalue weighted by molar-refractivity contribution is -0.126. The highest BCUT2D eigenvalue weighted by molar-refractivity contribution is 7.94. The predicted octanol–water partition coefficient (Wildman–Crippen LogP) is 1.50. The molecule has 2 amide bonds. The molecular weight excluding hydrogens is 411 g/mol. The maximum Gasteiger partial charge on any atom is 0.326 e. The maximum absolute atomic E-state index is 13.1. The number of nitrogens with one attached hydrogen (secondary N) is 1. The lowest BCUT2D eigenvalue weighted by Gasteiger charge is -2.20. The minimum atomic E-state index is -3.68. The summed E-state index contributed by atoms with van der Waals surface area (Å²) in [5.41, 5.74) is 1.69. The highest BCUT2D eigenvalue weighted by atomic mass is 32.2. The molecule has 1 unspecified atom stereocenters. The molecule has 2 aromatic carbocycles. The second kappa shape index (κ2) is 7.60. The van der Waals surface area contributed by atoms with Gasteiger partial charge >= 0.3 is 10.2 Å². The van der Waals surface area contributed by atoms with Gasteiger partial charge in [0, 0.05) is 32.2 Å². The van der Waals surface area contributed by atoms with E-state index in [1.807, 2.05) is 0 Å². The fraction of sp³-hybridized carbons (Fsp3) is 0.300. The van der Waals surface area contributed by atoms with Crippen LogP contribution in [0.15, 0.2) is 48.5 Å². The fourth-order valence-corrected chi connectivity index (χ4v) is 5.18. The standard InChI is InChI=1S/C20H21FN4O4S/c1-23-17-4-2-3-5-18(17)25(30(23,28)29)11-10-22-20(27)14-12-19(26)24(13-14)16-8-6-15(21)7-9-16/h2-9,14H,10-13H2,1H3,(H,22,27). The molecule has 0 aromatic heterocycles. The summed E-state index contributed by atoms with van der Waals surface area (Å²) in [6.45, 7) is 0.392. The third-order valence-electron chi connectivity index (χ3n) is 5.36. The molecule has 2 heterocycles. The smallest absolute Gasteiger partial charge is 0.326 e. The largest absolute Gasteiger partial charge is 0.354 e. The van der Waals surface area contributed by atoms with E-state index in [2.05, 4.69) is 5.32 Å². The van der Waals surface area contributed by atoms with Crippen LogP contribution in [0, 0.1) is 11.7 Å². The maximum atomic E-state index is 13.1. The van der Waals surface area contributed by atoms with Crippen LogP contribution in [0.3, 0.4) is 0 Å². The van der Waals surface area contributed by atoms with Crippen molar-refractivity contribution >= 4 is 39.1 Å². The number of hydrogen-bond donors (Lipinski definition) is 1. The van der Waals surface area contributed by atoms with Crippen LogP contribution >= 0.6 is 0 Å². The molecular formula is C20H21FN4O4S. The van der Waals surface area contributed by atoms with Crippen molar-refractivity contribution in [2.24, 2.45) is 5.92 Å². The second-order valence-electron chi connectivity index (χ2n) is 7.21. The van der Waals surface area contributed by atoms with Crippen LogP contribution in [-0.2, 0) is 19.8 Å². The summed E-state index contributed by atoms with van der Waals surface area (Å²) in [5.74, 6) is -1.47. The Morgan fingerprint density at radius 3 is 2.50 bits per heavy atom. The molecule has 2 aliphatic heterocycles. The summed E-state index contributed by atoms with van der Waals surface area (Å²) in [6.07, 6.45) is 0.0524. The first-order valence-electron chi connectivity index (χ1n) is 9.48. The monoisotopic (exact) mass is 432 g/mol. The Morgan fingerprint density at radius 2 is 1.80 bits per heavy atom. The number of carbonyl (C=O) groups excluding carboxylic acids is 2. The van der Waals surface area contributed by atoms with E-state index < -0.39 is 21.9 Å². The van der Waals surface area contributed by atoms with Crippen molar-refractivity contribution in [3.63, 3.8) is 0 Å². The van der Waals surface area contributed by atoms with Crippen LogP contribution in [0.1, 0.15) is 6.42 Å². The number of hydrogen-bond acceptors (Lipinski definition) is 4. The molecule has 2 aromatic rings. The molecule has 0 bridgehead atoms. The quantitative estimate of drug-likeness (QED) is 0.775. The van der Waals surface area contributed by atoms with Gasteiger partial charge in [-0.2, -0.15) is 8.42 Å². The summed E-state index contributed by atoms with van der Waals surface area (Å²) in [5, 5.41) is 2.73. The Bertz CT molecular complexity index is 1090. The van der Waals surface area contributed by atoms with Crippen molar-refractivity contribution in [2.45, 2.75) is 6.42 Å². The van der Waals surface area contributed by atoms with Gasteiger partial charge in [-0.3, -0.25) is 13.9 Å². The molecule has 4 rings (SSSR count). The van der Waals surface area contributed by atoms with E-state index in [9.17, 15) is 22.4 Å². The minimum Gasteiger partial charge on any atom is -0.354 e. The number of halogens is 1. The van der Waals surface area contributed by atoms with Gasteiger partial charge in [0.05, 0.1) is 23.8 Å². The van der Waals surface area contributed by atoms with Crippen molar-refractivity contribution in [3.05, 3.63) is 54.3 Å². The zero-order chi connectivity index (χ0) is 21.5. The van der Waals surface area contributed by atoms with Crippen LogP contribution in [-0.4, -0.2) is 46.9 Å². The lowest BCUT2D eigenvalue weighted by atomic mass is 10.1. The number of benzene rings is 2. The van der Waals surface area contributed by atoms with E-state index in [1.54, 1.807) is 24.3 Å². The van der Waals surface area contributed by atoms with Crippen molar-refractivity contribution in [1.82, 2.24) is 5.32 Å². The molecule has 1 atom stereocenters. The molecule has 0 saturated carbocycles. The lowest BCUT2D eigenvalue weighted by Crippen LogP contribution is -2.42. The van der Waals surface area contributed by atoms with Crippen LogP contribution < -0.4 is 18.8 Å². The van der Waals surface area contributed by atoms with Gasteiger partial charge in [0.2, 0.25) is 11.8 Å². The van der Waals surface area contributed by atoms with Gasteiger partial charge in [-0.25, -0.2) is 8.70 Å². The number of fused-ring (bicyclic) bond motifs is 1. The average molecular weight is 432 g/mol. The summed E-state index contributed by atoms with van der Waals surface area (Å²) in [7, 11) is -2.19. The fourth-order valence-electron chi connectivity index (χ4n) is 3.75. The molecule has 10 heteroatoms. The summed E-state index contributed by atoms with van der Waals surface area (Å²) in [4.78, 5) is 26.3. The minimum absolute atomic E-state index is 0.0524. The van der Waals surface area contributed by atoms with Crippen LogP contribution in [0.25, 0.3) is 0 Å². The molecule has 2 aliphatic rings. The van der Waals surface area contributed by atoms with Gasteiger partial charge in [-0.05, 0) is 36.4 Å². The summed E-state index contributed by atoms with van der Waals surface area (Å²) < 4.78 is 40.8. The highest BCUT2D eigenvalue weighted by Gasteiger charge is 2.38. The topological polar surface area (TPSA) is 90.0 Å². The average Bonchev–Trinajstić information content (AvgIpc) is 3.20. The molecule has 1 N–H and O–H groups in total. The number of carbonyl (C=O) groups is 2. The Balaban J connectivity index is 1.37. The zero-order valence-electron chi connectivity index (χ0n) is 16.3. The predicted molar refractivity (Wildman–Crippen MR) is 111 cm³/mol. The van der Waals surface area contributed by atoms with Crippen LogP contribution in [0.5, 0.6) is 0 Å². The third-order valence-corrected chi connectivity index (χ3v) is 7.19. The van der Waals surface area contributed by atoms with Crippen molar-refractivity contribution in [1.29, 1.82) is 0 Å². The van der Waals surface area contributed by atoms with Crippen molar-refractivity contribution in [2.75, 3.05) is 40.2 Å². The van der Waals surface area contributed by atoms with E-state index >= 15 is 0 Å². The zero-order valence-corrected chi connectivity index (χ0v) is 17.1. The number of anilines is 3. The molecule has 30 heavy (non-hydrogen) atoms. The Hall–Kier alpha value is -3.14. The van der Waals surface area contributed by atoms with Gasteiger partial charge in [-0.1, -0.05) is 12.1 Å². The highest BCUT2D eigenvalue weighted by Crippen LogP contribution is 2.39. The van der Waals surface area contributed by atoms with E-state index in [0.29, 0.717) is 17.1 Å². The first-order chi connectivity index (χ1) is 14.3. The van der Waals surface area contributed by atoms with Gasteiger partial charge in [0.15, 0.2) is 0 Å². The van der Waals surface area contributed by atoms with E-state index in [-0.39, 0.29) is 37.9 Å². The number of nitrogens with zero attached hydrogens (tertiary/aromatic N) is 3. The number of amides is 2. The Kier molecular flexibility index (Phi) is 5.10. The Morgan fingerprint density at radius 1 is 1.13 bits per heavy atom. The third kappa shape index (κ3) is 3.47. The molecule has 1 fully saturated rings.